The van der Waals surface area contributed by atoms with E-state index < -0.39 is 0 Å². The van der Waals surface area contributed by atoms with Crippen molar-refractivity contribution in [2.75, 3.05) is 25.9 Å². The Morgan fingerprint density at radius 3 is 2.57 bits per heavy atom. The summed E-state index contributed by atoms with van der Waals surface area (Å²) in [6.07, 6.45) is 6.26. The summed E-state index contributed by atoms with van der Waals surface area (Å²) in [5.41, 5.74) is 1.72. The molecule has 1 N–H and O–H groups in total. The van der Waals surface area contributed by atoms with Gasteiger partial charge in [-0.1, -0.05) is 37.3 Å². The first-order valence-corrected chi connectivity index (χ1v) is 9.41. The minimum atomic E-state index is 0.264. The van der Waals surface area contributed by atoms with Crippen LogP contribution in [-0.2, 0) is 0 Å². The summed E-state index contributed by atoms with van der Waals surface area (Å²) in [4.78, 5) is 2.75. The van der Waals surface area contributed by atoms with E-state index in [0.717, 1.165) is 13.1 Å². The van der Waals surface area contributed by atoms with Gasteiger partial charge < -0.3 is 5.32 Å². The Morgan fingerprint density at radius 2 is 2.00 bits per heavy atom. The number of hydrogen-bond donors (Lipinski definition) is 1. The normalized spacial score (nSPS) is 32.0. The summed E-state index contributed by atoms with van der Waals surface area (Å²) >= 11 is 2.07. The zero-order valence-electron chi connectivity index (χ0n) is 13.6. The molecule has 0 radical (unpaired) electrons. The Bertz CT molecular complexity index is 469. The van der Waals surface area contributed by atoms with E-state index in [-0.39, 0.29) is 5.54 Å². The van der Waals surface area contributed by atoms with Crippen molar-refractivity contribution in [2.24, 2.45) is 0 Å². The maximum absolute atomic E-state index is 3.80. The van der Waals surface area contributed by atoms with Gasteiger partial charge >= 0.3 is 0 Å². The Hall–Kier alpha value is -0.510. The molecule has 1 heterocycles. The molecule has 2 unspecified atom stereocenters. The molecule has 1 saturated heterocycles. The Balaban J connectivity index is 1.81. The first kappa shape index (κ1) is 15.4. The van der Waals surface area contributed by atoms with Gasteiger partial charge in [-0.3, -0.25) is 4.90 Å². The highest BCUT2D eigenvalue weighted by Crippen LogP contribution is 2.49. The van der Waals surface area contributed by atoms with Crippen LogP contribution in [0.2, 0.25) is 0 Å². The smallest absolute Gasteiger partial charge is 0.0474 e. The number of thioether (sulfide) groups is 1. The molecule has 1 aliphatic heterocycles. The second-order valence-corrected chi connectivity index (χ2v) is 8.29. The summed E-state index contributed by atoms with van der Waals surface area (Å²) in [6.45, 7) is 8.14. The standard InChI is InChI=1S/C18H28N2S/c1-4-17(2)13-20(14-18(21-3)10-11-18)16(12-19-17)15-8-6-5-7-9-15/h5-9,16,19H,4,10-14H2,1-3H3. The molecule has 116 valence electrons. The van der Waals surface area contributed by atoms with Gasteiger partial charge in [0.25, 0.3) is 0 Å². The molecule has 1 aromatic rings. The summed E-state index contributed by atoms with van der Waals surface area (Å²) in [5.74, 6) is 0. The Kier molecular flexibility index (Phi) is 4.35. The predicted molar refractivity (Wildman–Crippen MR) is 92.9 cm³/mol. The fourth-order valence-electron chi connectivity index (χ4n) is 3.43. The van der Waals surface area contributed by atoms with Gasteiger partial charge in [0.05, 0.1) is 0 Å². The largest absolute Gasteiger partial charge is 0.308 e. The SMILES string of the molecule is CCC1(C)CN(CC2(SC)CC2)C(c2ccccc2)CN1. The van der Waals surface area contributed by atoms with Crippen LogP contribution >= 0.6 is 11.8 Å². The zero-order valence-corrected chi connectivity index (χ0v) is 14.4. The molecule has 2 fully saturated rings. The van der Waals surface area contributed by atoms with Crippen molar-refractivity contribution in [1.82, 2.24) is 10.2 Å². The van der Waals surface area contributed by atoms with Crippen molar-refractivity contribution < 1.29 is 0 Å². The van der Waals surface area contributed by atoms with Crippen LogP contribution in [0, 0.1) is 0 Å². The number of rotatable bonds is 5. The van der Waals surface area contributed by atoms with Crippen molar-refractivity contribution >= 4 is 11.8 Å². The number of piperazine rings is 1. The first-order chi connectivity index (χ1) is 10.1. The zero-order chi connectivity index (χ0) is 14.9. The summed E-state index contributed by atoms with van der Waals surface area (Å²) in [5, 5.41) is 3.80. The third kappa shape index (κ3) is 3.30. The lowest BCUT2D eigenvalue weighted by molar-refractivity contribution is 0.0828. The lowest BCUT2D eigenvalue weighted by Crippen LogP contribution is -2.60. The van der Waals surface area contributed by atoms with E-state index in [9.17, 15) is 0 Å². The molecule has 3 rings (SSSR count). The average Bonchev–Trinajstić information content (AvgIpc) is 3.29. The maximum Gasteiger partial charge on any atom is 0.0474 e. The monoisotopic (exact) mass is 304 g/mol. The predicted octanol–water partition coefficient (Wildman–Crippen LogP) is 3.70. The van der Waals surface area contributed by atoms with E-state index in [4.69, 9.17) is 0 Å². The van der Waals surface area contributed by atoms with Crippen LogP contribution in [0.15, 0.2) is 30.3 Å². The van der Waals surface area contributed by atoms with Crippen molar-refractivity contribution in [2.45, 2.75) is 49.4 Å². The molecule has 1 aromatic carbocycles. The van der Waals surface area contributed by atoms with Crippen LogP contribution in [0.3, 0.4) is 0 Å². The molecule has 1 saturated carbocycles. The van der Waals surface area contributed by atoms with Gasteiger partial charge in [-0.25, -0.2) is 0 Å². The topological polar surface area (TPSA) is 15.3 Å². The van der Waals surface area contributed by atoms with Crippen molar-refractivity contribution in [1.29, 1.82) is 0 Å². The second-order valence-electron chi connectivity index (χ2n) is 7.01. The summed E-state index contributed by atoms with van der Waals surface area (Å²) in [7, 11) is 0. The van der Waals surface area contributed by atoms with Gasteiger partial charge in [-0.05, 0) is 38.0 Å². The minimum absolute atomic E-state index is 0.264. The van der Waals surface area contributed by atoms with Crippen LogP contribution in [0.1, 0.15) is 44.7 Å². The number of hydrogen-bond acceptors (Lipinski definition) is 3. The number of nitrogens with one attached hydrogen (secondary N) is 1. The molecular formula is C18H28N2S. The fraction of sp³-hybridized carbons (Fsp3) is 0.667. The third-order valence-corrected chi connectivity index (χ3v) is 6.82. The molecule has 0 aromatic heterocycles. The number of nitrogens with zero attached hydrogens (tertiary/aromatic N) is 1. The van der Waals surface area contributed by atoms with Crippen LogP contribution in [0.4, 0.5) is 0 Å². The lowest BCUT2D eigenvalue weighted by atomic mass is 9.91. The summed E-state index contributed by atoms with van der Waals surface area (Å²) < 4.78 is 0.541. The van der Waals surface area contributed by atoms with Crippen LogP contribution in [0.25, 0.3) is 0 Å². The van der Waals surface area contributed by atoms with E-state index in [1.807, 2.05) is 0 Å². The van der Waals surface area contributed by atoms with Crippen molar-refractivity contribution in [3.63, 3.8) is 0 Å². The second kappa shape index (κ2) is 5.94. The van der Waals surface area contributed by atoms with Gasteiger partial charge in [-0.2, -0.15) is 11.8 Å². The van der Waals surface area contributed by atoms with E-state index in [2.05, 4.69) is 72.4 Å². The minimum Gasteiger partial charge on any atom is -0.308 e. The fourth-order valence-corrected chi connectivity index (χ4v) is 4.23. The molecule has 2 aliphatic rings. The molecule has 0 amide bonds. The molecule has 3 heteroatoms. The van der Waals surface area contributed by atoms with Crippen LogP contribution in [0.5, 0.6) is 0 Å². The average molecular weight is 305 g/mol. The highest BCUT2D eigenvalue weighted by atomic mass is 32.2. The van der Waals surface area contributed by atoms with Crippen LogP contribution in [-0.4, -0.2) is 41.1 Å². The van der Waals surface area contributed by atoms with Crippen molar-refractivity contribution in [3.05, 3.63) is 35.9 Å². The van der Waals surface area contributed by atoms with Crippen LogP contribution < -0.4 is 5.32 Å². The highest BCUT2D eigenvalue weighted by molar-refractivity contribution is 8.00. The third-order valence-electron chi connectivity index (χ3n) is 5.41. The maximum atomic E-state index is 3.80. The molecule has 1 aliphatic carbocycles. The quantitative estimate of drug-likeness (QED) is 0.893. The van der Waals surface area contributed by atoms with Gasteiger partial charge in [0.2, 0.25) is 0 Å². The van der Waals surface area contributed by atoms with Gasteiger partial charge in [0.15, 0.2) is 0 Å². The van der Waals surface area contributed by atoms with Gasteiger partial charge in [0, 0.05) is 36.0 Å². The molecule has 2 nitrogen and oxygen atoms in total. The summed E-state index contributed by atoms with van der Waals surface area (Å²) in [6, 6.07) is 11.5. The Labute approximate surface area is 133 Å². The molecule has 0 bridgehead atoms. The first-order valence-electron chi connectivity index (χ1n) is 8.19. The van der Waals surface area contributed by atoms with E-state index in [0.29, 0.717) is 10.8 Å². The molecular weight excluding hydrogens is 276 g/mol. The lowest BCUT2D eigenvalue weighted by Gasteiger charge is -2.47. The van der Waals surface area contributed by atoms with Gasteiger partial charge in [0.1, 0.15) is 0 Å². The van der Waals surface area contributed by atoms with Gasteiger partial charge in [-0.15, -0.1) is 0 Å². The molecule has 2 atom stereocenters. The number of benzene rings is 1. The molecule has 0 spiro atoms. The van der Waals surface area contributed by atoms with E-state index in [1.165, 1.54) is 31.4 Å². The highest BCUT2D eigenvalue weighted by Gasteiger charge is 2.46. The van der Waals surface area contributed by atoms with E-state index in [1.54, 1.807) is 0 Å². The van der Waals surface area contributed by atoms with E-state index >= 15 is 0 Å². The Morgan fingerprint density at radius 1 is 1.29 bits per heavy atom. The van der Waals surface area contributed by atoms with Crippen molar-refractivity contribution in [3.8, 4) is 0 Å². The molecule has 21 heavy (non-hydrogen) atoms.